The minimum Gasteiger partial charge on any atom is -0.237 e. The Morgan fingerprint density at radius 1 is 1.05 bits per heavy atom. The summed E-state index contributed by atoms with van der Waals surface area (Å²) < 4.78 is 0. The Morgan fingerprint density at radius 2 is 1.80 bits per heavy atom. The molecule has 0 saturated heterocycles. The van der Waals surface area contributed by atoms with Gasteiger partial charge in [0.1, 0.15) is 11.0 Å². The molecule has 0 bridgehead atoms. The predicted octanol–water partition coefficient (Wildman–Crippen LogP) is 4.48. The third kappa shape index (κ3) is 1.94. The number of hydrogen-bond donors (Lipinski definition) is 0. The molecule has 0 amide bonds. The first-order chi connectivity index (χ1) is 9.78. The van der Waals surface area contributed by atoms with E-state index in [-0.39, 0.29) is 5.41 Å². The maximum atomic E-state index is 6.25. The topological polar surface area (TPSA) is 25.8 Å². The van der Waals surface area contributed by atoms with Crippen LogP contribution in [0.15, 0.2) is 36.4 Å². The molecule has 0 spiro atoms. The maximum absolute atomic E-state index is 6.25. The number of rotatable bonds is 3. The second-order valence-electron chi connectivity index (χ2n) is 6.02. The van der Waals surface area contributed by atoms with Crippen molar-refractivity contribution in [3.63, 3.8) is 0 Å². The van der Waals surface area contributed by atoms with Gasteiger partial charge in [-0.2, -0.15) is 0 Å². The van der Waals surface area contributed by atoms with Gasteiger partial charge in [0.2, 0.25) is 0 Å². The molecule has 2 aliphatic rings. The quantitative estimate of drug-likeness (QED) is 0.777. The lowest BCUT2D eigenvalue weighted by Crippen LogP contribution is -2.37. The fourth-order valence-electron chi connectivity index (χ4n) is 3.17. The van der Waals surface area contributed by atoms with Crippen molar-refractivity contribution in [3.05, 3.63) is 58.6 Å². The van der Waals surface area contributed by atoms with E-state index in [4.69, 9.17) is 16.6 Å². The summed E-state index contributed by atoms with van der Waals surface area (Å²) in [7, 11) is 0. The number of halogens is 1. The van der Waals surface area contributed by atoms with Crippen LogP contribution < -0.4 is 0 Å². The van der Waals surface area contributed by atoms with Gasteiger partial charge < -0.3 is 0 Å². The van der Waals surface area contributed by atoms with Gasteiger partial charge in [0.25, 0.3) is 0 Å². The van der Waals surface area contributed by atoms with Crippen molar-refractivity contribution in [2.45, 2.75) is 43.4 Å². The molecule has 1 aromatic heterocycles. The molecule has 0 aliphatic heterocycles. The number of aromatic nitrogens is 2. The Morgan fingerprint density at radius 3 is 2.40 bits per heavy atom. The molecule has 4 rings (SSSR count). The monoisotopic (exact) mass is 284 g/mol. The average molecular weight is 285 g/mol. The van der Waals surface area contributed by atoms with Crippen molar-refractivity contribution in [1.29, 1.82) is 0 Å². The highest BCUT2D eigenvalue weighted by molar-refractivity contribution is 6.29. The van der Waals surface area contributed by atoms with E-state index in [1.165, 1.54) is 24.8 Å². The zero-order chi connectivity index (χ0) is 13.6. The smallest absolute Gasteiger partial charge is 0.140 e. The molecule has 1 heterocycles. The van der Waals surface area contributed by atoms with Crippen molar-refractivity contribution in [1.82, 2.24) is 9.97 Å². The lowest BCUT2D eigenvalue weighted by Gasteiger charge is -2.41. The normalized spacial score (nSPS) is 20.4. The minimum atomic E-state index is -0.00417. The van der Waals surface area contributed by atoms with Crippen molar-refractivity contribution in [3.8, 4) is 0 Å². The lowest BCUT2D eigenvalue weighted by molar-refractivity contribution is 0.284. The van der Waals surface area contributed by atoms with Crippen LogP contribution in [0.3, 0.4) is 0 Å². The van der Waals surface area contributed by atoms with Crippen LogP contribution in [0.2, 0.25) is 5.15 Å². The molecule has 2 aromatic rings. The molecule has 102 valence electrons. The van der Waals surface area contributed by atoms with E-state index >= 15 is 0 Å². The molecule has 0 unspecified atom stereocenters. The molecule has 2 nitrogen and oxygen atoms in total. The van der Waals surface area contributed by atoms with Gasteiger partial charge in [-0.25, -0.2) is 9.97 Å². The van der Waals surface area contributed by atoms with E-state index in [1.54, 1.807) is 0 Å². The van der Waals surface area contributed by atoms with Gasteiger partial charge in [-0.05, 0) is 37.3 Å². The molecule has 2 aliphatic carbocycles. The van der Waals surface area contributed by atoms with Gasteiger partial charge in [0.15, 0.2) is 0 Å². The predicted molar refractivity (Wildman–Crippen MR) is 80.1 cm³/mol. The van der Waals surface area contributed by atoms with Gasteiger partial charge in [0.05, 0.1) is 5.41 Å². The van der Waals surface area contributed by atoms with E-state index in [9.17, 15) is 0 Å². The van der Waals surface area contributed by atoms with Gasteiger partial charge in [-0.15, -0.1) is 0 Å². The second kappa shape index (κ2) is 4.56. The average Bonchev–Trinajstić information content (AvgIpc) is 3.22. The van der Waals surface area contributed by atoms with Crippen LogP contribution in [0.4, 0.5) is 0 Å². The maximum Gasteiger partial charge on any atom is 0.140 e. The molecule has 2 saturated carbocycles. The molecule has 0 N–H and O–H groups in total. The summed E-state index contributed by atoms with van der Waals surface area (Å²) in [5, 5.41) is 0.596. The van der Waals surface area contributed by atoms with E-state index in [0.29, 0.717) is 11.1 Å². The molecule has 3 heteroatoms. The summed E-state index contributed by atoms with van der Waals surface area (Å²) in [5.41, 5.74) is 2.47. The number of benzene rings is 1. The van der Waals surface area contributed by atoms with Crippen molar-refractivity contribution >= 4 is 11.6 Å². The summed E-state index contributed by atoms with van der Waals surface area (Å²) in [6, 6.07) is 12.6. The van der Waals surface area contributed by atoms with Gasteiger partial charge >= 0.3 is 0 Å². The number of hydrogen-bond acceptors (Lipinski definition) is 2. The van der Waals surface area contributed by atoms with Crippen molar-refractivity contribution in [2.24, 2.45) is 0 Å². The Balaban J connectivity index is 1.82. The zero-order valence-corrected chi connectivity index (χ0v) is 12.1. The fourth-order valence-corrected chi connectivity index (χ4v) is 3.36. The number of nitrogens with zero attached hydrogens (tertiary/aromatic N) is 2. The first kappa shape index (κ1) is 12.3. The van der Waals surface area contributed by atoms with E-state index in [2.05, 4.69) is 35.3 Å². The van der Waals surface area contributed by atoms with Gasteiger partial charge in [0, 0.05) is 11.6 Å². The van der Waals surface area contributed by atoms with Gasteiger partial charge in [-0.1, -0.05) is 48.4 Å². The third-order valence-electron chi connectivity index (χ3n) is 4.67. The molecule has 2 fully saturated rings. The zero-order valence-electron chi connectivity index (χ0n) is 11.3. The first-order valence-corrected chi connectivity index (χ1v) is 7.76. The fraction of sp³-hybridized carbons (Fsp3) is 0.412. The molecular formula is C17H17ClN2. The third-order valence-corrected chi connectivity index (χ3v) is 4.87. The summed E-state index contributed by atoms with van der Waals surface area (Å²) in [6.45, 7) is 0. The Bertz CT molecular complexity index is 631. The van der Waals surface area contributed by atoms with Crippen molar-refractivity contribution < 1.29 is 0 Å². The summed E-state index contributed by atoms with van der Waals surface area (Å²) in [5.74, 6) is 1.55. The van der Waals surface area contributed by atoms with E-state index < -0.39 is 0 Å². The second-order valence-corrected chi connectivity index (χ2v) is 6.40. The summed E-state index contributed by atoms with van der Waals surface area (Å²) in [4.78, 5) is 9.44. The highest BCUT2D eigenvalue weighted by atomic mass is 35.5. The van der Waals surface area contributed by atoms with Crippen molar-refractivity contribution in [2.75, 3.05) is 0 Å². The van der Waals surface area contributed by atoms with Gasteiger partial charge in [-0.3, -0.25) is 0 Å². The van der Waals surface area contributed by atoms with E-state index in [0.717, 1.165) is 24.4 Å². The van der Waals surface area contributed by atoms with Crippen LogP contribution in [-0.2, 0) is 5.41 Å². The Kier molecular flexibility index (Phi) is 2.81. The van der Waals surface area contributed by atoms with Crippen LogP contribution >= 0.6 is 11.6 Å². The lowest BCUT2D eigenvalue weighted by atomic mass is 9.64. The SMILES string of the molecule is Clc1cc(C2CC2)nc(C2(c3ccccc3)CCC2)n1. The van der Waals surface area contributed by atoms with Crippen LogP contribution in [0.1, 0.15) is 55.1 Å². The van der Waals surface area contributed by atoms with Crippen LogP contribution in [-0.4, -0.2) is 9.97 Å². The van der Waals surface area contributed by atoms with Crippen LogP contribution in [0, 0.1) is 0 Å². The highest BCUT2D eigenvalue weighted by Crippen LogP contribution is 2.48. The standard InChI is InChI=1S/C17H17ClN2/c18-15-11-14(12-7-8-12)19-16(20-15)17(9-4-10-17)13-5-2-1-3-6-13/h1-3,5-6,11-12H,4,7-10H2. The molecule has 0 atom stereocenters. The van der Waals surface area contributed by atoms with E-state index in [1.807, 2.05) is 6.07 Å². The summed E-state index contributed by atoms with van der Waals surface area (Å²) >= 11 is 6.25. The highest BCUT2D eigenvalue weighted by Gasteiger charge is 2.43. The Hall–Kier alpha value is -1.41. The molecular weight excluding hydrogens is 268 g/mol. The molecule has 0 radical (unpaired) electrons. The largest absolute Gasteiger partial charge is 0.237 e. The molecule has 1 aromatic carbocycles. The summed E-state index contributed by atoms with van der Waals surface area (Å²) in [6.07, 6.45) is 5.97. The molecule has 20 heavy (non-hydrogen) atoms. The first-order valence-electron chi connectivity index (χ1n) is 7.38. The minimum absolute atomic E-state index is 0.00417. The van der Waals surface area contributed by atoms with Crippen LogP contribution in [0.5, 0.6) is 0 Å². The van der Waals surface area contributed by atoms with Crippen LogP contribution in [0.25, 0.3) is 0 Å². The Labute approximate surface area is 124 Å².